The maximum absolute atomic E-state index is 12.2. The maximum Gasteiger partial charge on any atom is 0.289 e. The average molecular weight is 304 g/mol. The Bertz CT molecular complexity index is 677. The molecule has 2 aromatic rings. The lowest BCUT2D eigenvalue weighted by Crippen LogP contribution is -2.30. The normalized spacial score (nSPS) is 14.7. The maximum atomic E-state index is 12.2. The molecule has 1 aliphatic heterocycles. The van der Waals surface area contributed by atoms with Gasteiger partial charge in [-0.2, -0.15) is 5.10 Å². The summed E-state index contributed by atoms with van der Waals surface area (Å²) in [7, 11) is 3.41. The molecule has 22 heavy (non-hydrogen) atoms. The van der Waals surface area contributed by atoms with E-state index >= 15 is 0 Å². The predicted molar refractivity (Wildman–Crippen MR) is 82.0 cm³/mol. The highest BCUT2D eigenvalue weighted by Crippen LogP contribution is 2.26. The number of ether oxygens (including phenoxy) is 1. The van der Waals surface area contributed by atoms with Gasteiger partial charge in [0, 0.05) is 33.8 Å². The number of carbonyl (C=O) groups is 1. The van der Waals surface area contributed by atoms with Gasteiger partial charge in [0.15, 0.2) is 5.65 Å². The largest absolute Gasteiger partial charge is 0.383 e. The van der Waals surface area contributed by atoms with Gasteiger partial charge in [0.2, 0.25) is 5.82 Å². The van der Waals surface area contributed by atoms with E-state index in [2.05, 4.69) is 25.3 Å². The summed E-state index contributed by atoms with van der Waals surface area (Å²) in [5, 5.41) is 7.88. The molecular formula is C14H20N6O2. The van der Waals surface area contributed by atoms with Gasteiger partial charge in [-0.05, 0) is 12.8 Å². The Morgan fingerprint density at radius 3 is 2.86 bits per heavy atom. The third-order valence-corrected chi connectivity index (χ3v) is 3.77. The third kappa shape index (κ3) is 2.74. The van der Waals surface area contributed by atoms with Crippen molar-refractivity contribution in [1.82, 2.24) is 25.1 Å². The number of methoxy groups -OCH3 is 1. The van der Waals surface area contributed by atoms with E-state index in [9.17, 15) is 4.79 Å². The summed E-state index contributed by atoms with van der Waals surface area (Å²) < 4.78 is 6.60. The summed E-state index contributed by atoms with van der Waals surface area (Å²) >= 11 is 0. The quantitative estimate of drug-likeness (QED) is 0.802. The number of hydrogen-bond acceptors (Lipinski definition) is 6. The van der Waals surface area contributed by atoms with Crippen molar-refractivity contribution in [3.8, 4) is 0 Å². The highest BCUT2D eigenvalue weighted by atomic mass is 16.5. The van der Waals surface area contributed by atoms with Crippen LogP contribution in [0.25, 0.3) is 11.0 Å². The van der Waals surface area contributed by atoms with Crippen molar-refractivity contribution in [2.75, 3.05) is 38.3 Å². The van der Waals surface area contributed by atoms with Gasteiger partial charge in [0.05, 0.1) is 18.2 Å². The summed E-state index contributed by atoms with van der Waals surface area (Å²) in [4.78, 5) is 23.3. The number of aryl methyl sites for hydroxylation is 1. The number of fused-ring (bicyclic) bond motifs is 1. The molecule has 0 bridgehead atoms. The van der Waals surface area contributed by atoms with E-state index in [4.69, 9.17) is 4.74 Å². The Morgan fingerprint density at radius 1 is 1.36 bits per heavy atom. The Kier molecular flexibility index (Phi) is 4.19. The molecule has 0 aliphatic carbocycles. The molecule has 0 radical (unpaired) electrons. The first kappa shape index (κ1) is 14.7. The summed E-state index contributed by atoms with van der Waals surface area (Å²) in [5.74, 6) is 0.683. The van der Waals surface area contributed by atoms with Gasteiger partial charge in [-0.3, -0.25) is 9.48 Å². The molecule has 118 valence electrons. The summed E-state index contributed by atoms with van der Waals surface area (Å²) in [6, 6.07) is 0. The lowest BCUT2D eigenvalue weighted by atomic mass is 10.3. The summed E-state index contributed by atoms with van der Waals surface area (Å²) in [5.41, 5.74) is 0.675. The smallest absolute Gasteiger partial charge is 0.289 e. The van der Waals surface area contributed by atoms with Gasteiger partial charge in [-0.15, -0.1) is 0 Å². The molecule has 1 saturated heterocycles. The van der Waals surface area contributed by atoms with Crippen LogP contribution in [0.3, 0.4) is 0 Å². The molecule has 0 spiro atoms. The van der Waals surface area contributed by atoms with Crippen LogP contribution in [0.2, 0.25) is 0 Å². The van der Waals surface area contributed by atoms with Gasteiger partial charge < -0.3 is 15.0 Å². The number of anilines is 1. The molecule has 8 heteroatoms. The summed E-state index contributed by atoms with van der Waals surface area (Å²) in [6.45, 7) is 2.79. The van der Waals surface area contributed by atoms with Crippen LogP contribution in [-0.4, -0.2) is 59.0 Å². The van der Waals surface area contributed by atoms with E-state index in [-0.39, 0.29) is 11.7 Å². The molecule has 1 fully saturated rings. The highest BCUT2D eigenvalue weighted by Gasteiger charge is 2.22. The van der Waals surface area contributed by atoms with Crippen molar-refractivity contribution in [2.45, 2.75) is 12.8 Å². The van der Waals surface area contributed by atoms with Crippen LogP contribution in [0.5, 0.6) is 0 Å². The lowest BCUT2D eigenvalue weighted by Gasteiger charge is -2.17. The van der Waals surface area contributed by atoms with Gasteiger partial charge in [-0.1, -0.05) is 0 Å². The zero-order valence-electron chi connectivity index (χ0n) is 12.9. The number of carbonyl (C=O) groups excluding carboxylic acids is 1. The molecule has 3 rings (SSSR count). The number of rotatable bonds is 5. The Labute approximate surface area is 128 Å². The second kappa shape index (κ2) is 6.27. The van der Waals surface area contributed by atoms with Crippen molar-refractivity contribution in [2.24, 2.45) is 7.05 Å². The minimum Gasteiger partial charge on any atom is -0.383 e. The monoisotopic (exact) mass is 304 g/mol. The third-order valence-electron chi connectivity index (χ3n) is 3.77. The van der Waals surface area contributed by atoms with Gasteiger partial charge in [0.1, 0.15) is 5.82 Å². The van der Waals surface area contributed by atoms with E-state index in [0.717, 1.165) is 37.1 Å². The minimum atomic E-state index is -0.291. The fourth-order valence-corrected chi connectivity index (χ4v) is 2.62. The van der Waals surface area contributed by atoms with Crippen molar-refractivity contribution in [1.29, 1.82) is 0 Å². The molecule has 0 unspecified atom stereocenters. The molecule has 1 amide bonds. The fourth-order valence-electron chi connectivity index (χ4n) is 2.62. The van der Waals surface area contributed by atoms with E-state index in [1.54, 1.807) is 18.0 Å². The number of aromatic nitrogens is 4. The van der Waals surface area contributed by atoms with Crippen LogP contribution in [0.4, 0.5) is 5.82 Å². The molecular weight excluding hydrogens is 284 g/mol. The first-order valence-corrected chi connectivity index (χ1v) is 7.42. The predicted octanol–water partition coefficient (Wildman–Crippen LogP) is 0.340. The molecule has 0 atom stereocenters. The Balaban J connectivity index is 1.96. The topological polar surface area (TPSA) is 85.2 Å². The van der Waals surface area contributed by atoms with Gasteiger partial charge in [0.25, 0.3) is 5.91 Å². The van der Waals surface area contributed by atoms with Crippen molar-refractivity contribution in [3.63, 3.8) is 0 Å². The van der Waals surface area contributed by atoms with E-state index in [1.807, 2.05) is 7.05 Å². The van der Waals surface area contributed by atoms with Crippen molar-refractivity contribution >= 4 is 22.8 Å². The lowest BCUT2D eigenvalue weighted by molar-refractivity contribution is 0.0927. The van der Waals surface area contributed by atoms with Crippen molar-refractivity contribution < 1.29 is 9.53 Å². The summed E-state index contributed by atoms with van der Waals surface area (Å²) in [6.07, 6.45) is 4.04. The number of amides is 1. The Morgan fingerprint density at radius 2 is 2.14 bits per heavy atom. The molecule has 1 aliphatic rings. The number of hydrogen-bond donors (Lipinski definition) is 1. The number of nitrogens with one attached hydrogen (secondary N) is 1. The molecule has 8 nitrogen and oxygen atoms in total. The minimum absolute atomic E-state index is 0.175. The molecule has 0 saturated carbocycles. The van der Waals surface area contributed by atoms with Crippen LogP contribution < -0.4 is 10.2 Å². The van der Waals surface area contributed by atoms with Gasteiger partial charge >= 0.3 is 0 Å². The number of nitrogens with zero attached hydrogens (tertiary/aromatic N) is 5. The first-order valence-electron chi connectivity index (χ1n) is 7.42. The highest BCUT2D eigenvalue weighted by molar-refractivity contribution is 5.95. The molecule has 2 aromatic heterocycles. The van der Waals surface area contributed by atoms with Crippen LogP contribution in [0, 0.1) is 0 Å². The van der Waals surface area contributed by atoms with Crippen LogP contribution in [0.1, 0.15) is 23.5 Å². The second-order valence-electron chi connectivity index (χ2n) is 5.32. The first-order chi connectivity index (χ1) is 10.7. The second-order valence-corrected chi connectivity index (χ2v) is 5.32. The standard InChI is InChI=1S/C14H20N6O2/c1-19-12-10(9-16-19)13(20-6-3-4-7-20)18-11(17-12)14(21)15-5-8-22-2/h9H,3-8H2,1-2H3,(H,15,21). The van der Waals surface area contributed by atoms with Crippen molar-refractivity contribution in [3.05, 3.63) is 12.0 Å². The average Bonchev–Trinajstić information content (AvgIpc) is 3.17. The SMILES string of the molecule is COCCNC(=O)c1nc(N2CCCC2)c2cnn(C)c2n1. The zero-order valence-corrected chi connectivity index (χ0v) is 12.9. The van der Waals surface area contributed by atoms with E-state index in [1.165, 1.54) is 0 Å². The van der Waals surface area contributed by atoms with E-state index < -0.39 is 0 Å². The molecule has 0 aromatic carbocycles. The fraction of sp³-hybridized carbons (Fsp3) is 0.571. The van der Waals surface area contributed by atoms with Crippen LogP contribution in [0.15, 0.2) is 6.20 Å². The molecule has 3 heterocycles. The van der Waals surface area contributed by atoms with E-state index in [0.29, 0.717) is 18.8 Å². The van der Waals surface area contributed by atoms with Gasteiger partial charge in [-0.25, -0.2) is 9.97 Å². The Hall–Kier alpha value is -2.22. The molecule has 1 N–H and O–H groups in total. The van der Waals surface area contributed by atoms with Crippen LogP contribution >= 0.6 is 0 Å². The van der Waals surface area contributed by atoms with Crippen LogP contribution in [-0.2, 0) is 11.8 Å². The zero-order chi connectivity index (χ0) is 15.5.